The van der Waals surface area contributed by atoms with E-state index < -0.39 is 18.1 Å². The van der Waals surface area contributed by atoms with E-state index in [9.17, 15) is 22.8 Å². The quantitative estimate of drug-likeness (QED) is 0.600. The Balaban J connectivity index is 0.000000333. The minimum Gasteiger partial charge on any atom is -0.477 e. The number of aromatic nitrogens is 3. The molecule has 0 amide bonds. The highest BCUT2D eigenvalue weighted by molar-refractivity contribution is 9.10. The van der Waals surface area contributed by atoms with Crippen molar-refractivity contribution in [1.29, 1.82) is 0 Å². The van der Waals surface area contributed by atoms with Gasteiger partial charge < -0.3 is 9.84 Å². The minimum absolute atomic E-state index is 0.0620. The molecule has 25 heavy (non-hydrogen) atoms. The highest BCUT2D eigenvalue weighted by Gasteiger charge is 2.40. The molecule has 0 atom stereocenters. The fourth-order valence-corrected chi connectivity index (χ4v) is 2.19. The molecule has 2 aromatic heterocycles. The van der Waals surface area contributed by atoms with Crippen LogP contribution in [0.3, 0.4) is 0 Å². The molecule has 0 spiro atoms. The number of carbonyl (C=O) groups is 2. The maximum Gasteiger partial charge on any atom is 0.490 e. The predicted octanol–water partition coefficient (Wildman–Crippen LogP) is 2.00. The van der Waals surface area contributed by atoms with Crippen LogP contribution in [0.15, 0.2) is 41.4 Å². The summed E-state index contributed by atoms with van der Waals surface area (Å²) in [5.41, 5.74) is 1.87. The van der Waals surface area contributed by atoms with Crippen molar-refractivity contribution in [3.63, 3.8) is 0 Å². The first-order chi connectivity index (χ1) is 11.6. The molecule has 0 aliphatic heterocycles. The van der Waals surface area contributed by atoms with Crippen LogP contribution < -0.4 is 4.57 Å². The van der Waals surface area contributed by atoms with E-state index >= 15 is 0 Å². The van der Waals surface area contributed by atoms with E-state index in [0.29, 0.717) is 7.11 Å². The summed E-state index contributed by atoms with van der Waals surface area (Å²) < 4.78 is 38.7. The van der Waals surface area contributed by atoms with Crippen LogP contribution >= 0.6 is 15.9 Å². The standard InChI is InChI=1S/C11H8BrN3O2.C3H3F3O2/c12-10-6-15(7-11(16)17)4-2-9(10)8-1-3-13-14-5-8;1-8-2(7)3(4,5)6/h1-6H,7H2;1H3/p+1. The van der Waals surface area contributed by atoms with Crippen molar-refractivity contribution in [2.75, 3.05) is 7.11 Å². The predicted molar refractivity (Wildman–Crippen MR) is 81.1 cm³/mol. The zero-order valence-corrected chi connectivity index (χ0v) is 14.3. The molecule has 0 aromatic carbocycles. The van der Waals surface area contributed by atoms with Crippen molar-refractivity contribution in [3.05, 3.63) is 41.4 Å². The molecule has 0 saturated heterocycles. The van der Waals surface area contributed by atoms with Crippen molar-refractivity contribution in [1.82, 2.24) is 10.2 Å². The van der Waals surface area contributed by atoms with E-state index in [1.54, 1.807) is 29.4 Å². The number of pyridine rings is 1. The molecule has 7 nitrogen and oxygen atoms in total. The lowest BCUT2D eigenvalue weighted by molar-refractivity contribution is -0.686. The van der Waals surface area contributed by atoms with Crippen molar-refractivity contribution in [2.24, 2.45) is 0 Å². The summed E-state index contributed by atoms with van der Waals surface area (Å²) in [4.78, 5) is 20.1. The molecule has 0 aliphatic carbocycles. The first-order valence-corrected chi connectivity index (χ1v) is 7.27. The van der Waals surface area contributed by atoms with Crippen LogP contribution in [0.2, 0.25) is 0 Å². The normalized spacial score (nSPS) is 10.4. The summed E-state index contributed by atoms with van der Waals surface area (Å²) in [6, 6.07) is 3.68. The summed E-state index contributed by atoms with van der Waals surface area (Å²) >= 11 is 3.41. The van der Waals surface area contributed by atoms with Crippen molar-refractivity contribution < 1.29 is 37.2 Å². The Bertz CT molecular complexity index is 742. The lowest BCUT2D eigenvalue weighted by atomic mass is 10.1. The topological polar surface area (TPSA) is 93.3 Å². The fourth-order valence-electron chi connectivity index (χ4n) is 1.56. The molecule has 0 unspecified atom stereocenters. The number of aliphatic carboxylic acids is 1. The zero-order chi connectivity index (χ0) is 19.0. The third kappa shape index (κ3) is 6.83. The van der Waals surface area contributed by atoms with Gasteiger partial charge in [0, 0.05) is 17.2 Å². The summed E-state index contributed by atoms with van der Waals surface area (Å²) in [6.45, 7) is -0.0620. The van der Waals surface area contributed by atoms with Gasteiger partial charge in [0.2, 0.25) is 6.54 Å². The third-order valence-electron chi connectivity index (χ3n) is 2.60. The van der Waals surface area contributed by atoms with Gasteiger partial charge in [-0.1, -0.05) is 0 Å². The smallest absolute Gasteiger partial charge is 0.477 e. The van der Waals surface area contributed by atoms with Gasteiger partial charge in [0.25, 0.3) is 0 Å². The Hall–Kier alpha value is -2.56. The van der Waals surface area contributed by atoms with Crippen LogP contribution in [0.4, 0.5) is 13.2 Å². The Kier molecular flexibility index (Phi) is 7.43. The second-order valence-corrected chi connectivity index (χ2v) is 5.25. The maximum atomic E-state index is 11.0. The molecule has 0 aliphatic rings. The molecule has 0 saturated carbocycles. The first-order valence-electron chi connectivity index (χ1n) is 6.47. The van der Waals surface area contributed by atoms with Gasteiger partial charge in [0.1, 0.15) is 0 Å². The number of methoxy groups -OCH3 is 1. The Morgan fingerprint density at radius 3 is 2.40 bits per heavy atom. The summed E-state index contributed by atoms with van der Waals surface area (Å²) in [7, 11) is 0.676. The molecule has 0 fully saturated rings. The maximum absolute atomic E-state index is 11.0. The molecular formula is C14H12BrF3N3O4+. The number of halogens is 4. The van der Waals surface area contributed by atoms with Crippen LogP contribution in [0.5, 0.6) is 0 Å². The number of ether oxygens (including phenoxy) is 1. The van der Waals surface area contributed by atoms with Crippen molar-refractivity contribution >= 4 is 27.9 Å². The molecule has 2 rings (SSSR count). The zero-order valence-electron chi connectivity index (χ0n) is 12.7. The molecule has 1 N–H and O–H groups in total. The number of carboxylic acid groups (broad SMARTS) is 1. The highest BCUT2D eigenvalue weighted by atomic mass is 79.9. The Labute approximate surface area is 148 Å². The number of alkyl halides is 3. The van der Waals surface area contributed by atoms with E-state index in [2.05, 4.69) is 30.9 Å². The average molecular weight is 423 g/mol. The molecule has 2 heterocycles. The number of hydrogen-bond donors (Lipinski definition) is 1. The van der Waals surface area contributed by atoms with Gasteiger partial charge in [-0.15, -0.1) is 0 Å². The number of hydrogen-bond acceptors (Lipinski definition) is 5. The van der Waals surface area contributed by atoms with Crippen LogP contribution in [-0.4, -0.2) is 40.5 Å². The largest absolute Gasteiger partial charge is 0.490 e. The van der Waals surface area contributed by atoms with E-state index in [4.69, 9.17) is 5.11 Å². The van der Waals surface area contributed by atoms with E-state index in [1.165, 1.54) is 0 Å². The number of carboxylic acids is 1. The summed E-state index contributed by atoms with van der Waals surface area (Å²) in [5, 5.41) is 16.2. The molecule has 134 valence electrons. The number of carbonyl (C=O) groups excluding carboxylic acids is 1. The van der Waals surface area contributed by atoms with E-state index in [0.717, 1.165) is 15.6 Å². The van der Waals surface area contributed by atoms with Crippen molar-refractivity contribution in [2.45, 2.75) is 12.7 Å². The van der Waals surface area contributed by atoms with Crippen LogP contribution in [0.1, 0.15) is 0 Å². The first kappa shape index (κ1) is 20.5. The SMILES string of the molecule is COC(=O)C(F)(F)F.O=C(O)C[n+]1ccc(-c2ccnnc2)c(Br)c1. The van der Waals surface area contributed by atoms with E-state index in [1.807, 2.05) is 12.1 Å². The van der Waals surface area contributed by atoms with Crippen LogP contribution in [0, 0.1) is 0 Å². The summed E-state index contributed by atoms with van der Waals surface area (Å²) in [6.07, 6.45) is 1.86. The highest BCUT2D eigenvalue weighted by Crippen LogP contribution is 2.25. The lowest BCUT2D eigenvalue weighted by Crippen LogP contribution is -2.37. The number of esters is 1. The van der Waals surface area contributed by atoms with Crippen LogP contribution in [0.25, 0.3) is 11.1 Å². The van der Waals surface area contributed by atoms with Gasteiger partial charge in [0.15, 0.2) is 12.4 Å². The second-order valence-electron chi connectivity index (χ2n) is 4.39. The van der Waals surface area contributed by atoms with Gasteiger partial charge >= 0.3 is 18.1 Å². The molecule has 11 heteroatoms. The van der Waals surface area contributed by atoms with Gasteiger partial charge in [-0.3, -0.25) is 0 Å². The third-order valence-corrected chi connectivity index (χ3v) is 3.23. The fraction of sp³-hybridized carbons (Fsp3) is 0.214. The lowest BCUT2D eigenvalue weighted by Gasteiger charge is -2.02. The average Bonchev–Trinajstić information content (AvgIpc) is 2.54. The molecule has 0 bridgehead atoms. The molecule has 0 radical (unpaired) electrons. The summed E-state index contributed by atoms with van der Waals surface area (Å²) in [5.74, 6) is -3.04. The molecule has 2 aromatic rings. The number of rotatable bonds is 3. The second kappa shape index (κ2) is 9.06. The van der Waals surface area contributed by atoms with Crippen molar-refractivity contribution in [3.8, 4) is 11.1 Å². The van der Waals surface area contributed by atoms with Gasteiger partial charge in [0.05, 0.1) is 24.0 Å². The Morgan fingerprint density at radius 2 is 2.00 bits per heavy atom. The van der Waals surface area contributed by atoms with Crippen LogP contribution in [-0.2, 0) is 20.9 Å². The monoisotopic (exact) mass is 422 g/mol. The minimum atomic E-state index is -4.85. The van der Waals surface area contributed by atoms with Gasteiger partial charge in [-0.2, -0.15) is 27.9 Å². The number of nitrogens with zero attached hydrogens (tertiary/aromatic N) is 3. The molecular weight excluding hydrogens is 411 g/mol. The van der Waals surface area contributed by atoms with Gasteiger partial charge in [-0.05, 0) is 22.0 Å². The van der Waals surface area contributed by atoms with Gasteiger partial charge in [-0.25, -0.2) is 9.59 Å². The van der Waals surface area contributed by atoms with E-state index in [-0.39, 0.29) is 6.54 Å². The Morgan fingerprint density at radius 1 is 1.32 bits per heavy atom.